The number of nitrogens with zero attached hydrogens (tertiary/aromatic N) is 1. The SMILES string of the molecule is CC(=O)CC1OB(O)c2cc(Oc3ccccn3)ccc21. The van der Waals surface area contributed by atoms with E-state index in [0.29, 0.717) is 17.1 Å². The predicted octanol–water partition coefficient (Wildman–Crippen LogP) is 1.61. The van der Waals surface area contributed by atoms with Crippen LogP contribution in [0.5, 0.6) is 11.6 Å². The minimum absolute atomic E-state index is 0.0221. The molecule has 106 valence electrons. The number of pyridine rings is 1. The Balaban J connectivity index is 1.85. The molecule has 6 heteroatoms. The zero-order valence-corrected chi connectivity index (χ0v) is 11.5. The monoisotopic (exact) mass is 283 g/mol. The van der Waals surface area contributed by atoms with Gasteiger partial charge in [-0.2, -0.15) is 0 Å². The molecular formula is C15H14BNO4. The highest BCUT2D eigenvalue weighted by atomic mass is 16.5. The first-order chi connectivity index (χ1) is 10.1. The van der Waals surface area contributed by atoms with Crippen LogP contribution < -0.4 is 10.2 Å². The number of carbonyl (C=O) groups is 1. The molecule has 1 aromatic heterocycles. The van der Waals surface area contributed by atoms with Crippen molar-refractivity contribution in [3.63, 3.8) is 0 Å². The van der Waals surface area contributed by atoms with E-state index in [0.717, 1.165) is 5.56 Å². The average Bonchev–Trinajstić information content (AvgIpc) is 2.75. The van der Waals surface area contributed by atoms with Crippen molar-refractivity contribution in [2.24, 2.45) is 0 Å². The van der Waals surface area contributed by atoms with Crippen molar-refractivity contribution in [2.45, 2.75) is 19.4 Å². The van der Waals surface area contributed by atoms with Crippen LogP contribution in [0.2, 0.25) is 0 Å². The van der Waals surface area contributed by atoms with Gasteiger partial charge in [0.25, 0.3) is 0 Å². The highest BCUT2D eigenvalue weighted by Crippen LogP contribution is 2.29. The van der Waals surface area contributed by atoms with Crippen molar-refractivity contribution in [3.05, 3.63) is 48.2 Å². The Hall–Kier alpha value is -2.18. The number of benzene rings is 1. The maximum atomic E-state index is 11.2. The smallest absolute Gasteiger partial charge is 0.439 e. The molecule has 1 aliphatic heterocycles. The molecule has 2 heterocycles. The molecule has 0 bridgehead atoms. The summed E-state index contributed by atoms with van der Waals surface area (Å²) >= 11 is 0. The summed E-state index contributed by atoms with van der Waals surface area (Å²) in [4.78, 5) is 15.3. The van der Waals surface area contributed by atoms with Crippen LogP contribution in [-0.4, -0.2) is 22.9 Å². The summed E-state index contributed by atoms with van der Waals surface area (Å²) in [6.45, 7) is 1.51. The fourth-order valence-electron chi connectivity index (χ4n) is 2.37. The van der Waals surface area contributed by atoms with Crippen LogP contribution in [0, 0.1) is 0 Å². The Morgan fingerprint density at radius 2 is 2.29 bits per heavy atom. The van der Waals surface area contributed by atoms with E-state index in [1.54, 1.807) is 30.5 Å². The molecule has 1 aromatic carbocycles. The van der Waals surface area contributed by atoms with Crippen LogP contribution in [0.1, 0.15) is 25.0 Å². The quantitative estimate of drug-likeness (QED) is 0.863. The Morgan fingerprint density at radius 1 is 1.43 bits per heavy atom. The summed E-state index contributed by atoms with van der Waals surface area (Å²) < 4.78 is 11.0. The van der Waals surface area contributed by atoms with Crippen molar-refractivity contribution in [2.75, 3.05) is 0 Å². The van der Waals surface area contributed by atoms with Crippen LogP contribution in [0.3, 0.4) is 0 Å². The fourth-order valence-corrected chi connectivity index (χ4v) is 2.37. The van der Waals surface area contributed by atoms with Gasteiger partial charge in [0.05, 0.1) is 6.10 Å². The van der Waals surface area contributed by atoms with Gasteiger partial charge in [0, 0.05) is 18.7 Å². The maximum absolute atomic E-state index is 11.2. The van der Waals surface area contributed by atoms with Crippen molar-refractivity contribution in [3.8, 4) is 11.6 Å². The maximum Gasteiger partial charge on any atom is 0.492 e. The minimum Gasteiger partial charge on any atom is -0.439 e. The lowest BCUT2D eigenvalue weighted by Gasteiger charge is -2.10. The number of hydrogen-bond donors (Lipinski definition) is 1. The molecule has 0 aliphatic carbocycles. The van der Waals surface area contributed by atoms with E-state index in [1.165, 1.54) is 6.92 Å². The molecule has 1 atom stereocenters. The number of hydrogen-bond acceptors (Lipinski definition) is 5. The molecule has 0 amide bonds. The first kappa shape index (κ1) is 13.8. The number of rotatable bonds is 4. The Kier molecular flexibility index (Phi) is 3.73. The Labute approximate surface area is 122 Å². The van der Waals surface area contributed by atoms with Crippen LogP contribution in [0.15, 0.2) is 42.6 Å². The first-order valence-corrected chi connectivity index (χ1v) is 6.69. The largest absolute Gasteiger partial charge is 0.492 e. The molecule has 21 heavy (non-hydrogen) atoms. The molecule has 0 fully saturated rings. The summed E-state index contributed by atoms with van der Waals surface area (Å²) in [5.41, 5.74) is 1.46. The molecule has 1 aliphatic rings. The van der Waals surface area contributed by atoms with E-state index in [-0.39, 0.29) is 12.2 Å². The van der Waals surface area contributed by atoms with Crippen molar-refractivity contribution in [1.29, 1.82) is 0 Å². The van der Waals surface area contributed by atoms with Crippen LogP contribution in [0.4, 0.5) is 0 Å². The first-order valence-electron chi connectivity index (χ1n) is 6.69. The third-order valence-corrected chi connectivity index (χ3v) is 3.30. The number of ketones is 1. The van der Waals surface area contributed by atoms with Gasteiger partial charge in [-0.25, -0.2) is 4.98 Å². The van der Waals surface area contributed by atoms with E-state index in [4.69, 9.17) is 9.39 Å². The minimum atomic E-state index is -1.03. The highest BCUT2D eigenvalue weighted by molar-refractivity contribution is 6.61. The lowest BCUT2D eigenvalue weighted by molar-refractivity contribution is -0.118. The molecular weight excluding hydrogens is 269 g/mol. The second kappa shape index (κ2) is 5.67. The summed E-state index contributed by atoms with van der Waals surface area (Å²) in [7, 11) is -1.03. The number of Topliss-reactive ketones (excluding diaryl/α,β-unsaturated/α-hetero) is 1. The van der Waals surface area contributed by atoms with Gasteiger partial charge in [0.15, 0.2) is 0 Å². The number of fused-ring (bicyclic) bond motifs is 1. The fraction of sp³-hybridized carbons (Fsp3) is 0.200. The zero-order valence-electron chi connectivity index (χ0n) is 11.5. The van der Waals surface area contributed by atoms with Gasteiger partial charge in [-0.1, -0.05) is 12.1 Å². The number of ether oxygens (including phenoxy) is 1. The highest BCUT2D eigenvalue weighted by Gasteiger charge is 2.35. The van der Waals surface area contributed by atoms with Crippen molar-refractivity contribution >= 4 is 18.4 Å². The summed E-state index contributed by atoms with van der Waals surface area (Å²) in [5.74, 6) is 1.07. The van der Waals surface area contributed by atoms with Gasteiger partial charge in [-0.3, -0.25) is 4.79 Å². The molecule has 0 saturated carbocycles. The molecule has 0 radical (unpaired) electrons. The lowest BCUT2D eigenvalue weighted by Crippen LogP contribution is -2.28. The van der Waals surface area contributed by atoms with Gasteiger partial charge in [0.2, 0.25) is 5.88 Å². The van der Waals surface area contributed by atoms with E-state index in [1.807, 2.05) is 12.1 Å². The molecule has 3 rings (SSSR count). The van der Waals surface area contributed by atoms with Crippen LogP contribution in [0.25, 0.3) is 0 Å². The van der Waals surface area contributed by atoms with E-state index in [2.05, 4.69) is 4.98 Å². The van der Waals surface area contributed by atoms with Crippen LogP contribution >= 0.6 is 0 Å². The molecule has 0 spiro atoms. The lowest BCUT2D eigenvalue weighted by atomic mass is 9.79. The number of aromatic nitrogens is 1. The van der Waals surface area contributed by atoms with E-state index < -0.39 is 13.2 Å². The summed E-state index contributed by atoms with van der Waals surface area (Å²) in [6.07, 6.45) is 1.50. The average molecular weight is 283 g/mol. The Morgan fingerprint density at radius 3 is 3.00 bits per heavy atom. The molecule has 0 saturated heterocycles. The molecule has 1 unspecified atom stereocenters. The van der Waals surface area contributed by atoms with Gasteiger partial charge >= 0.3 is 7.12 Å². The van der Waals surface area contributed by atoms with Gasteiger partial charge in [-0.15, -0.1) is 0 Å². The standard InChI is InChI=1S/C15H14BNO4/c1-10(18)8-14-12-6-5-11(9-13(12)16(19)21-14)20-15-4-2-3-7-17-15/h2-7,9,14,19H,8H2,1H3. The Bertz CT molecular complexity index is 662. The van der Waals surface area contributed by atoms with Crippen molar-refractivity contribution in [1.82, 2.24) is 4.98 Å². The van der Waals surface area contributed by atoms with Gasteiger partial charge in [0.1, 0.15) is 11.5 Å². The summed E-state index contributed by atoms with van der Waals surface area (Å²) in [5, 5.41) is 9.95. The zero-order chi connectivity index (χ0) is 14.8. The summed E-state index contributed by atoms with van der Waals surface area (Å²) in [6, 6.07) is 10.7. The third-order valence-electron chi connectivity index (χ3n) is 3.30. The normalized spacial score (nSPS) is 16.7. The second-order valence-corrected chi connectivity index (χ2v) is 4.94. The molecule has 5 nitrogen and oxygen atoms in total. The van der Waals surface area contributed by atoms with Crippen molar-refractivity contribution < 1.29 is 19.2 Å². The molecule has 1 N–H and O–H groups in total. The van der Waals surface area contributed by atoms with E-state index in [9.17, 15) is 9.82 Å². The van der Waals surface area contributed by atoms with Gasteiger partial charge in [-0.05, 0) is 36.1 Å². The third kappa shape index (κ3) is 2.96. The predicted molar refractivity (Wildman–Crippen MR) is 77.5 cm³/mol. The topological polar surface area (TPSA) is 68.7 Å². The molecule has 2 aromatic rings. The second-order valence-electron chi connectivity index (χ2n) is 4.94. The van der Waals surface area contributed by atoms with Gasteiger partial charge < -0.3 is 14.4 Å². The van der Waals surface area contributed by atoms with E-state index >= 15 is 0 Å². The number of carbonyl (C=O) groups excluding carboxylic acids is 1. The van der Waals surface area contributed by atoms with Crippen LogP contribution in [-0.2, 0) is 9.45 Å².